The second-order valence-corrected chi connectivity index (χ2v) is 6.88. The van der Waals surface area contributed by atoms with Crippen LogP contribution in [0.25, 0.3) is 0 Å². The van der Waals surface area contributed by atoms with E-state index in [1.165, 1.54) is 0 Å². The van der Waals surface area contributed by atoms with Crippen LogP contribution in [0.15, 0.2) is 0 Å². The summed E-state index contributed by atoms with van der Waals surface area (Å²) in [5.74, 6) is -3.44. The molecule has 2 fully saturated rings. The second-order valence-electron chi connectivity index (χ2n) is 6.88. The van der Waals surface area contributed by atoms with Crippen molar-refractivity contribution in [1.82, 2.24) is 0 Å². The minimum atomic E-state index is -1.42. The van der Waals surface area contributed by atoms with Gasteiger partial charge in [0.15, 0.2) is 12.2 Å². The molecule has 4 unspecified atom stereocenters. The molecular formula is C14H20O10. The van der Waals surface area contributed by atoms with Gasteiger partial charge >= 0.3 is 24.2 Å². The highest BCUT2D eigenvalue weighted by atomic mass is 16.7. The van der Waals surface area contributed by atoms with Gasteiger partial charge in [-0.15, -0.1) is 0 Å². The van der Waals surface area contributed by atoms with Crippen molar-refractivity contribution < 1.29 is 49.1 Å². The fourth-order valence-corrected chi connectivity index (χ4v) is 2.75. The summed E-state index contributed by atoms with van der Waals surface area (Å²) in [6.45, 7) is 6.66. The molecule has 0 aromatic carbocycles. The van der Waals surface area contributed by atoms with E-state index in [4.69, 9.17) is 20.4 Å². The Bertz CT molecular complexity index is 518. The van der Waals surface area contributed by atoms with E-state index in [1.807, 2.05) is 0 Å². The molecule has 2 aliphatic rings. The predicted octanol–water partition coefficient (Wildman–Crippen LogP) is 1.58. The largest absolute Gasteiger partial charge is 0.506 e. The molecular weight excluding hydrogens is 328 g/mol. The van der Waals surface area contributed by atoms with Crippen molar-refractivity contribution >= 4 is 24.2 Å². The van der Waals surface area contributed by atoms with Gasteiger partial charge in [0.25, 0.3) is 0 Å². The van der Waals surface area contributed by atoms with Gasteiger partial charge < -0.3 is 29.9 Å². The van der Waals surface area contributed by atoms with Gasteiger partial charge in [-0.2, -0.15) is 0 Å². The van der Waals surface area contributed by atoms with Crippen molar-refractivity contribution in [2.45, 2.75) is 39.9 Å². The molecule has 0 aromatic heterocycles. The van der Waals surface area contributed by atoms with Crippen LogP contribution in [0, 0.1) is 22.7 Å². The van der Waals surface area contributed by atoms with Gasteiger partial charge in [-0.05, 0) is 5.41 Å². The SMILES string of the molecule is CC1(C)C(C(=O)O)C1C(=O)O.CC1(C)C(OC(=O)O)C1OC(=O)O. The van der Waals surface area contributed by atoms with E-state index in [0.717, 1.165) is 0 Å². The average Bonchev–Trinajstić information content (AvgIpc) is 3.12. The van der Waals surface area contributed by atoms with Crippen LogP contribution < -0.4 is 0 Å². The highest BCUT2D eigenvalue weighted by Gasteiger charge is 2.66. The molecule has 2 aliphatic carbocycles. The van der Waals surface area contributed by atoms with Gasteiger partial charge in [0.1, 0.15) is 0 Å². The van der Waals surface area contributed by atoms with E-state index in [2.05, 4.69) is 9.47 Å². The molecule has 4 N–H and O–H groups in total. The van der Waals surface area contributed by atoms with Gasteiger partial charge in [-0.3, -0.25) is 9.59 Å². The van der Waals surface area contributed by atoms with Gasteiger partial charge in [0.2, 0.25) is 0 Å². The van der Waals surface area contributed by atoms with Crippen LogP contribution in [0.2, 0.25) is 0 Å². The molecule has 2 saturated carbocycles. The van der Waals surface area contributed by atoms with Crippen LogP contribution in [-0.2, 0) is 19.1 Å². The third-order valence-electron chi connectivity index (χ3n) is 4.45. The van der Waals surface area contributed by atoms with Crippen molar-refractivity contribution in [3.05, 3.63) is 0 Å². The highest BCUT2D eigenvalue weighted by Crippen LogP contribution is 2.58. The molecule has 0 aliphatic heterocycles. The van der Waals surface area contributed by atoms with Crippen LogP contribution >= 0.6 is 0 Å². The Morgan fingerprint density at radius 3 is 1.12 bits per heavy atom. The Balaban J connectivity index is 0.000000243. The summed E-state index contributed by atoms with van der Waals surface area (Å²) in [6, 6.07) is 0. The molecule has 24 heavy (non-hydrogen) atoms. The molecule has 10 nitrogen and oxygen atoms in total. The Hall–Kier alpha value is -2.52. The number of carboxylic acids is 2. The lowest BCUT2D eigenvalue weighted by Crippen LogP contribution is -2.10. The topological polar surface area (TPSA) is 168 Å². The van der Waals surface area contributed by atoms with Gasteiger partial charge in [-0.25, -0.2) is 9.59 Å². The Labute approximate surface area is 137 Å². The number of hydrogen-bond acceptors (Lipinski definition) is 6. The van der Waals surface area contributed by atoms with E-state index in [9.17, 15) is 19.2 Å². The van der Waals surface area contributed by atoms with Gasteiger partial charge in [0, 0.05) is 5.41 Å². The number of carbonyl (C=O) groups is 4. The number of ether oxygens (including phenoxy) is 2. The van der Waals surface area contributed by atoms with Crippen LogP contribution in [0.3, 0.4) is 0 Å². The van der Waals surface area contributed by atoms with E-state index in [1.54, 1.807) is 27.7 Å². The van der Waals surface area contributed by atoms with Crippen molar-refractivity contribution in [2.24, 2.45) is 22.7 Å². The first-order valence-electron chi connectivity index (χ1n) is 6.99. The molecule has 0 heterocycles. The number of rotatable bonds is 4. The number of hydrogen-bond donors (Lipinski definition) is 4. The average molecular weight is 348 g/mol. The normalized spacial score (nSPS) is 30.8. The lowest BCUT2D eigenvalue weighted by molar-refractivity contribution is -0.144. The molecule has 0 amide bonds. The zero-order valence-corrected chi connectivity index (χ0v) is 13.5. The summed E-state index contributed by atoms with van der Waals surface area (Å²) in [5, 5.41) is 33.7. The van der Waals surface area contributed by atoms with E-state index in [-0.39, 0.29) is 0 Å². The maximum Gasteiger partial charge on any atom is 0.506 e. The summed E-state index contributed by atoms with van der Waals surface area (Å²) >= 11 is 0. The molecule has 0 radical (unpaired) electrons. The van der Waals surface area contributed by atoms with Crippen LogP contribution in [0.1, 0.15) is 27.7 Å². The molecule has 2 rings (SSSR count). The first-order valence-corrected chi connectivity index (χ1v) is 6.99. The molecule has 0 bridgehead atoms. The van der Waals surface area contributed by atoms with Crippen LogP contribution in [0.5, 0.6) is 0 Å². The summed E-state index contributed by atoms with van der Waals surface area (Å²) in [7, 11) is 0. The fraction of sp³-hybridized carbons (Fsp3) is 0.714. The highest BCUT2D eigenvalue weighted by molar-refractivity contribution is 5.87. The first kappa shape index (κ1) is 19.5. The molecule has 136 valence electrons. The third kappa shape index (κ3) is 3.87. The van der Waals surface area contributed by atoms with E-state index < -0.39 is 59.1 Å². The maximum atomic E-state index is 10.4. The summed E-state index contributed by atoms with van der Waals surface area (Å²) in [5.41, 5.74) is -1.13. The molecule has 10 heteroatoms. The first-order chi connectivity index (χ1) is 10.7. The monoisotopic (exact) mass is 348 g/mol. The zero-order valence-electron chi connectivity index (χ0n) is 13.5. The van der Waals surface area contributed by atoms with Crippen molar-refractivity contribution in [2.75, 3.05) is 0 Å². The quantitative estimate of drug-likeness (QED) is 0.547. The lowest BCUT2D eigenvalue weighted by atomic mass is 10.1. The van der Waals surface area contributed by atoms with E-state index in [0.29, 0.717) is 0 Å². The molecule has 4 atom stereocenters. The second kappa shape index (κ2) is 6.17. The van der Waals surface area contributed by atoms with Crippen LogP contribution in [0.4, 0.5) is 9.59 Å². The van der Waals surface area contributed by atoms with Crippen molar-refractivity contribution in [1.29, 1.82) is 0 Å². The number of aliphatic carboxylic acids is 2. The minimum Gasteiger partial charge on any atom is -0.481 e. The summed E-state index contributed by atoms with van der Waals surface area (Å²) in [6.07, 6.45) is -4.23. The van der Waals surface area contributed by atoms with Crippen molar-refractivity contribution in [3.63, 3.8) is 0 Å². The minimum absolute atomic E-state index is 0.559. The van der Waals surface area contributed by atoms with Gasteiger partial charge in [-0.1, -0.05) is 27.7 Å². The standard InChI is InChI=1S/C7H10O6.C7H10O4/c1-7(2)3(12-5(8)9)4(7)13-6(10)11;1-7(2)3(5(8)9)4(7)6(10)11/h3-4H,1-2H3,(H,8,9)(H,10,11);3-4H,1-2H3,(H,8,9)(H,10,11). The smallest absolute Gasteiger partial charge is 0.481 e. The Kier molecular flexibility index (Phi) is 5.02. The molecule has 0 aromatic rings. The summed E-state index contributed by atoms with van der Waals surface area (Å²) in [4.78, 5) is 41.1. The fourth-order valence-electron chi connectivity index (χ4n) is 2.75. The Morgan fingerprint density at radius 1 is 0.667 bits per heavy atom. The number of carboxylic acid groups (broad SMARTS) is 4. The summed E-state index contributed by atoms with van der Waals surface area (Å²) < 4.78 is 8.84. The molecule has 0 saturated heterocycles. The third-order valence-corrected chi connectivity index (χ3v) is 4.45. The van der Waals surface area contributed by atoms with Crippen LogP contribution in [-0.4, -0.2) is 56.9 Å². The van der Waals surface area contributed by atoms with Gasteiger partial charge in [0.05, 0.1) is 11.8 Å². The lowest BCUT2D eigenvalue weighted by Gasteiger charge is -1.98. The zero-order chi connectivity index (χ0) is 19.0. The predicted molar refractivity (Wildman–Crippen MR) is 75.6 cm³/mol. The Morgan fingerprint density at radius 2 is 0.958 bits per heavy atom. The molecule has 0 spiro atoms. The van der Waals surface area contributed by atoms with Crippen molar-refractivity contribution in [3.8, 4) is 0 Å². The van der Waals surface area contributed by atoms with E-state index >= 15 is 0 Å². The maximum absolute atomic E-state index is 10.4.